The maximum atomic E-state index is 12.1. The fraction of sp³-hybridized carbons (Fsp3) is 0.429. The minimum Gasteiger partial charge on any atom is -0.399 e. The van der Waals surface area contributed by atoms with Gasteiger partial charge in [0, 0.05) is 17.8 Å². The van der Waals surface area contributed by atoms with E-state index in [1.165, 1.54) is 0 Å². The summed E-state index contributed by atoms with van der Waals surface area (Å²) < 4.78 is 0. The van der Waals surface area contributed by atoms with Crippen molar-refractivity contribution in [2.24, 2.45) is 0 Å². The number of H-pyrrole nitrogens is 1. The minimum absolute atomic E-state index is 0.0391. The van der Waals surface area contributed by atoms with E-state index in [2.05, 4.69) is 28.7 Å². The summed E-state index contributed by atoms with van der Waals surface area (Å²) in [5, 5.41) is 0.542. The molecule has 0 bridgehead atoms. The van der Waals surface area contributed by atoms with Gasteiger partial charge >= 0.3 is 0 Å². The molecule has 0 amide bonds. The van der Waals surface area contributed by atoms with Crippen LogP contribution in [0.4, 0.5) is 11.6 Å². The van der Waals surface area contributed by atoms with Gasteiger partial charge in [0.05, 0.1) is 10.9 Å². The molecular formula is C14H18N4O. The van der Waals surface area contributed by atoms with E-state index in [1.54, 1.807) is 18.2 Å². The maximum absolute atomic E-state index is 12.1. The molecule has 0 saturated carbocycles. The summed E-state index contributed by atoms with van der Waals surface area (Å²) in [4.78, 5) is 21.8. The van der Waals surface area contributed by atoms with Crippen molar-refractivity contribution in [2.75, 3.05) is 17.2 Å². The number of fused-ring (bicyclic) bond motifs is 1. The predicted octanol–water partition coefficient (Wildman–Crippen LogP) is 1.88. The first kappa shape index (κ1) is 12.0. The Kier molecular flexibility index (Phi) is 2.52. The van der Waals surface area contributed by atoms with Crippen LogP contribution in [-0.4, -0.2) is 22.1 Å². The van der Waals surface area contributed by atoms with Crippen LogP contribution < -0.4 is 16.2 Å². The van der Waals surface area contributed by atoms with Gasteiger partial charge in [0.15, 0.2) is 0 Å². The molecule has 1 fully saturated rings. The van der Waals surface area contributed by atoms with Crippen LogP contribution in [0.1, 0.15) is 26.7 Å². The van der Waals surface area contributed by atoms with Gasteiger partial charge in [-0.15, -0.1) is 0 Å². The Balaban J connectivity index is 2.17. The van der Waals surface area contributed by atoms with Crippen LogP contribution in [-0.2, 0) is 0 Å². The van der Waals surface area contributed by atoms with E-state index in [1.807, 2.05) is 0 Å². The Morgan fingerprint density at radius 3 is 2.89 bits per heavy atom. The number of aromatic amines is 1. The van der Waals surface area contributed by atoms with Crippen LogP contribution in [0.5, 0.6) is 0 Å². The Morgan fingerprint density at radius 1 is 1.42 bits per heavy atom. The number of hydrogen-bond donors (Lipinski definition) is 2. The third-order valence-corrected chi connectivity index (χ3v) is 3.87. The summed E-state index contributed by atoms with van der Waals surface area (Å²) in [5.41, 5.74) is 6.88. The summed E-state index contributed by atoms with van der Waals surface area (Å²) in [6.07, 6.45) is 2.23. The first-order valence-electron chi connectivity index (χ1n) is 6.55. The third-order valence-electron chi connectivity index (χ3n) is 3.87. The summed E-state index contributed by atoms with van der Waals surface area (Å²) in [7, 11) is 0. The van der Waals surface area contributed by atoms with Crippen LogP contribution in [0.2, 0.25) is 0 Å². The van der Waals surface area contributed by atoms with Gasteiger partial charge in [0.2, 0.25) is 5.95 Å². The van der Waals surface area contributed by atoms with Gasteiger partial charge < -0.3 is 10.6 Å². The molecule has 3 rings (SSSR count). The van der Waals surface area contributed by atoms with Crippen molar-refractivity contribution >= 4 is 22.5 Å². The molecule has 1 aliphatic rings. The molecule has 3 N–H and O–H groups in total. The number of nitrogen functional groups attached to an aromatic ring is 1. The minimum atomic E-state index is -0.130. The molecule has 19 heavy (non-hydrogen) atoms. The zero-order chi connectivity index (χ0) is 13.6. The van der Waals surface area contributed by atoms with Gasteiger partial charge in [-0.05, 0) is 44.9 Å². The van der Waals surface area contributed by atoms with Crippen molar-refractivity contribution in [3.8, 4) is 0 Å². The Labute approximate surface area is 111 Å². The van der Waals surface area contributed by atoms with Crippen LogP contribution in [0, 0.1) is 0 Å². The molecular weight excluding hydrogens is 240 g/mol. The summed E-state index contributed by atoms with van der Waals surface area (Å²) >= 11 is 0. The fourth-order valence-electron chi connectivity index (χ4n) is 2.77. The summed E-state index contributed by atoms with van der Waals surface area (Å²) in [5.74, 6) is 0.657. The smallest absolute Gasteiger partial charge is 0.260 e. The molecule has 2 heterocycles. The maximum Gasteiger partial charge on any atom is 0.260 e. The number of nitrogens with zero attached hydrogens (tertiary/aromatic N) is 2. The van der Waals surface area contributed by atoms with Gasteiger partial charge in [0.1, 0.15) is 0 Å². The molecule has 100 valence electrons. The Hall–Kier alpha value is -2.04. The standard InChI is InChI=1S/C14H18N4O/c1-14(2)6-3-7-18(14)13-16-11-5-4-9(15)8-10(11)12(19)17-13/h4-5,8H,3,6-7,15H2,1-2H3,(H,16,17,19). The van der Waals surface area contributed by atoms with Crippen molar-refractivity contribution in [3.63, 3.8) is 0 Å². The van der Waals surface area contributed by atoms with E-state index in [-0.39, 0.29) is 11.1 Å². The monoisotopic (exact) mass is 258 g/mol. The second-order valence-electron chi connectivity index (χ2n) is 5.73. The number of nitrogens with one attached hydrogen (secondary N) is 1. The highest BCUT2D eigenvalue weighted by molar-refractivity contribution is 5.81. The molecule has 2 aromatic rings. The number of hydrogen-bond acceptors (Lipinski definition) is 4. The van der Waals surface area contributed by atoms with E-state index in [0.717, 1.165) is 19.4 Å². The van der Waals surface area contributed by atoms with Crippen LogP contribution >= 0.6 is 0 Å². The van der Waals surface area contributed by atoms with Crippen molar-refractivity contribution in [1.82, 2.24) is 9.97 Å². The second-order valence-corrected chi connectivity index (χ2v) is 5.73. The number of benzene rings is 1. The van der Waals surface area contributed by atoms with Crippen LogP contribution in [0.15, 0.2) is 23.0 Å². The van der Waals surface area contributed by atoms with E-state index in [9.17, 15) is 4.79 Å². The lowest BCUT2D eigenvalue weighted by Gasteiger charge is -2.32. The van der Waals surface area contributed by atoms with Gasteiger partial charge in [-0.3, -0.25) is 9.78 Å². The SMILES string of the molecule is CC1(C)CCCN1c1nc2ccc(N)cc2c(=O)[nH]1. The van der Waals surface area contributed by atoms with Crippen molar-refractivity contribution < 1.29 is 0 Å². The molecule has 1 aromatic carbocycles. The predicted molar refractivity (Wildman–Crippen MR) is 77.4 cm³/mol. The lowest BCUT2D eigenvalue weighted by molar-refractivity contribution is 0.510. The first-order chi connectivity index (χ1) is 8.97. The van der Waals surface area contributed by atoms with Gasteiger partial charge in [0.25, 0.3) is 5.56 Å². The lowest BCUT2D eigenvalue weighted by Crippen LogP contribution is -2.40. The number of rotatable bonds is 1. The Bertz CT molecular complexity index is 689. The molecule has 0 aliphatic carbocycles. The van der Waals surface area contributed by atoms with Crippen molar-refractivity contribution in [2.45, 2.75) is 32.2 Å². The van der Waals surface area contributed by atoms with E-state index in [0.29, 0.717) is 22.5 Å². The molecule has 1 saturated heterocycles. The largest absolute Gasteiger partial charge is 0.399 e. The normalized spacial score (nSPS) is 18.1. The summed E-state index contributed by atoms with van der Waals surface area (Å²) in [6, 6.07) is 5.24. The molecule has 5 heteroatoms. The van der Waals surface area contributed by atoms with Crippen LogP contribution in [0.25, 0.3) is 10.9 Å². The Morgan fingerprint density at radius 2 is 2.21 bits per heavy atom. The van der Waals surface area contributed by atoms with Crippen LogP contribution in [0.3, 0.4) is 0 Å². The molecule has 0 spiro atoms. The summed E-state index contributed by atoms with van der Waals surface area (Å²) in [6.45, 7) is 5.27. The highest BCUT2D eigenvalue weighted by Gasteiger charge is 2.33. The second kappa shape index (κ2) is 3.98. The van der Waals surface area contributed by atoms with E-state index in [4.69, 9.17) is 5.73 Å². The highest BCUT2D eigenvalue weighted by Crippen LogP contribution is 2.31. The van der Waals surface area contributed by atoms with Crippen molar-refractivity contribution in [3.05, 3.63) is 28.6 Å². The molecule has 1 aromatic heterocycles. The average Bonchev–Trinajstić information content (AvgIpc) is 2.70. The van der Waals surface area contributed by atoms with Crippen molar-refractivity contribution in [1.29, 1.82) is 0 Å². The molecule has 0 unspecified atom stereocenters. The first-order valence-corrected chi connectivity index (χ1v) is 6.55. The molecule has 0 atom stereocenters. The lowest BCUT2D eigenvalue weighted by atomic mass is 10.0. The quantitative estimate of drug-likeness (QED) is 0.766. The van der Waals surface area contributed by atoms with Gasteiger partial charge in [-0.1, -0.05) is 0 Å². The van der Waals surface area contributed by atoms with E-state index >= 15 is 0 Å². The zero-order valence-electron chi connectivity index (χ0n) is 11.2. The topological polar surface area (TPSA) is 75.0 Å². The highest BCUT2D eigenvalue weighted by atomic mass is 16.1. The van der Waals surface area contributed by atoms with E-state index < -0.39 is 0 Å². The zero-order valence-corrected chi connectivity index (χ0v) is 11.2. The average molecular weight is 258 g/mol. The van der Waals surface area contributed by atoms with Gasteiger partial charge in [-0.25, -0.2) is 4.98 Å². The van der Waals surface area contributed by atoms with Gasteiger partial charge in [-0.2, -0.15) is 0 Å². The number of aromatic nitrogens is 2. The fourth-order valence-corrected chi connectivity index (χ4v) is 2.77. The number of anilines is 2. The molecule has 0 radical (unpaired) electrons. The number of nitrogens with two attached hydrogens (primary N) is 1. The molecule has 5 nitrogen and oxygen atoms in total. The molecule has 1 aliphatic heterocycles. The third kappa shape index (κ3) is 1.95.